The molecule has 62 heavy (non-hydrogen) atoms. The van der Waals surface area contributed by atoms with Gasteiger partial charge in [-0.25, -0.2) is 9.48 Å². The Hall–Kier alpha value is -7.19. The highest BCUT2D eigenvalue weighted by atomic mass is 16.5. The molecule has 0 radical (unpaired) electrons. The van der Waals surface area contributed by atoms with Crippen molar-refractivity contribution in [2.75, 3.05) is 74.1 Å². The number of amides is 1. The molecule has 20 heteroatoms. The van der Waals surface area contributed by atoms with Crippen LogP contribution >= 0.6 is 0 Å². The van der Waals surface area contributed by atoms with Gasteiger partial charge in [0.05, 0.1) is 30.9 Å². The molecule has 1 amide bonds. The van der Waals surface area contributed by atoms with E-state index in [0.29, 0.717) is 117 Å². The van der Waals surface area contributed by atoms with Gasteiger partial charge in [-0.3, -0.25) is 14.4 Å². The summed E-state index contributed by atoms with van der Waals surface area (Å²) in [6.07, 6.45) is 3.68. The van der Waals surface area contributed by atoms with E-state index in [1.54, 1.807) is 35.4 Å². The number of fused-ring (bicyclic) bond motifs is 2. The number of carboxylic acid groups (broad SMARTS) is 2. The zero-order valence-corrected chi connectivity index (χ0v) is 33.6. The average Bonchev–Trinajstić information content (AvgIpc) is 3.75. The van der Waals surface area contributed by atoms with Crippen LogP contribution in [0, 0.1) is 0 Å². The number of rotatable bonds is 15. The molecule has 2 fully saturated rings. The van der Waals surface area contributed by atoms with Crippen molar-refractivity contribution in [1.82, 2.24) is 34.8 Å². The van der Waals surface area contributed by atoms with Crippen molar-refractivity contribution in [3.05, 3.63) is 82.3 Å². The van der Waals surface area contributed by atoms with Crippen LogP contribution < -0.4 is 26.3 Å². The zero-order chi connectivity index (χ0) is 43.3. The van der Waals surface area contributed by atoms with Crippen LogP contribution in [0.15, 0.2) is 70.0 Å². The molecule has 0 unspecified atom stereocenters. The minimum Gasteiger partial charge on any atom is -0.508 e. The first-order chi connectivity index (χ1) is 30.0. The van der Waals surface area contributed by atoms with Crippen LogP contribution in [-0.2, 0) is 20.7 Å². The van der Waals surface area contributed by atoms with Crippen LogP contribution in [0.2, 0.25) is 0 Å². The van der Waals surface area contributed by atoms with Crippen LogP contribution in [0.4, 0.5) is 23.5 Å². The second-order valence-corrected chi connectivity index (χ2v) is 15.1. The quantitative estimate of drug-likeness (QED) is 0.0732. The van der Waals surface area contributed by atoms with Crippen LogP contribution in [0.1, 0.15) is 47.8 Å². The normalized spacial score (nSPS) is 15.0. The summed E-state index contributed by atoms with van der Waals surface area (Å²) in [7, 11) is 0. The maximum Gasteiger partial charge on any atom is 0.336 e. The zero-order valence-electron chi connectivity index (χ0n) is 33.6. The van der Waals surface area contributed by atoms with E-state index in [1.807, 2.05) is 9.80 Å². The number of carbonyl (C=O) groups is 3. The number of ether oxygens (including phenoxy) is 1. The first-order valence-corrected chi connectivity index (χ1v) is 20.3. The lowest BCUT2D eigenvalue weighted by Gasteiger charge is -2.36. The number of aromatic carboxylic acids is 1. The molecule has 3 aliphatic heterocycles. The van der Waals surface area contributed by atoms with Crippen molar-refractivity contribution in [1.29, 1.82) is 0 Å². The topological polar surface area (TPSA) is 268 Å². The highest BCUT2D eigenvalue weighted by Crippen LogP contribution is 2.42. The van der Waals surface area contributed by atoms with Gasteiger partial charge in [-0.05, 0) is 67.8 Å². The van der Waals surface area contributed by atoms with Crippen molar-refractivity contribution in [3.63, 3.8) is 0 Å². The summed E-state index contributed by atoms with van der Waals surface area (Å²) < 4.78 is 13.1. The van der Waals surface area contributed by atoms with Gasteiger partial charge in [-0.2, -0.15) is 15.0 Å². The number of anilines is 4. The fourth-order valence-corrected chi connectivity index (χ4v) is 7.76. The number of phenols is 1. The summed E-state index contributed by atoms with van der Waals surface area (Å²) in [5.41, 5.74) is 7.98. The Balaban J connectivity index is 1.06. The molecule has 2 aromatic carbocycles. The van der Waals surface area contributed by atoms with Crippen molar-refractivity contribution in [3.8, 4) is 28.2 Å². The van der Waals surface area contributed by atoms with Crippen molar-refractivity contribution >= 4 is 52.3 Å². The number of piperazine rings is 1. The molecule has 4 aromatic rings. The van der Waals surface area contributed by atoms with E-state index in [-0.39, 0.29) is 52.8 Å². The molecule has 2 saturated heterocycles. The van der Waals surface area contributed by atoms with Crippen molar-refractivity contribution in [2.24, 2.45) is 5.73 Å². The van der Waals surface area contributed by atoms with Crippen LogP contribution in [-0.4, -0.2) is 127 Å². The monoisotopic (exact) mass is 847 g/mol. The third kappa shape index (κ3) is 9.10. The molecule has 20 nitrogen and oxygen atoms in total. The Bertz CT molecular complexity index is 2640. The fourth-order valence-electron chi connectivity index (χ4n) is 7.76. The summed E-state index contributed by atoms with van der Waals surface area (Å²) in [6.45, 7) is 4.09. The summed E-state index contributed by atoms with van der Waals surface area (Å²) >= 11 is 0. The van der Waals surface area contributed by atoms with E-state index < -0.39 is 18.0 Å². The standard InChI is InChI=1S/C42H45N11O9/c43-12-2-1-3-33(53-24-26(48-49-53)5-11-36(56)57)38(58)50-13-15-51(16-14-50)41-45-40(46-42(47-41)52-17-19-61-20-18-52)44-25-4-8-29(32(21-25)39(59)60)37-30-9-6-27(54)22-34(30)62-35-23-28(55)7-10-31(35)37/h4,6-10,21-24,33,54H,1-3,5,11-20,43H2,(H,56,57)(H,59,60)(H,44,45,46,47)/t33-/m0/s1. The molecular weight excluding hydrogens is 803 g/mol. The van der Waals surface area contributed by atoms with Gasteiger partial charge in [0.2, 0.25) is 23.8 Å². The maximum atomic E-state index is 14.0. The van der Waals surface area contributed by atoms with E-state index in [0.717, 1.165) is 6.42 Å². The molecule has 2 aromatic heterocycles. The first kappa shape index (κ1) is 41.5. The van der Waals surface area contributed by atoms with Crippen molar-refractivity contribution in [2.45, 2.75) is 38.1 Å². The summed E-state index contributed by atoms with van der Waals surface area (Å²) in [5, 5.41) is 41.9. The van der Waals surface area contributed by atoms with Gasteiger partial charge in [0.25, 0.3) is 0 Å². The molecule has 5 heterocycles. The van der Waals surface area contributed by atoms with E-state index in [2.05, 4.69) is 15.6 Å². The van der Waals surface area contributed by atoms with Gasteiger partial charge in [0.15, 0.2) is 5.43 Å². The molecule has 322 valence electrons. The summed E-state index contributed by atoms with van der Waals surface area (Å²) in [6, 6.07) is 13.1. The molecule has 1 atom stereocenters. The lowest BCUT2D eigenvalue weighted by atomic mass is 9.90. The third-order valence-corrected chi connectivity index (χ3v) is 10.9. The number of aromatic nitrogens is 6. The number of nitrogens with two attached hydrogens (primary N) is 1. The van der Waals surface area contributed by atoms with E-state index in [4.69, 9.17) is 34.9 Å². The lowest BCUT2D eigenvalue weighted by Crippen LogP contribution is -2.51. The van der Waals surface area contributed by atoms with Crippen LogP contribution in [0.5, 0.6) is 5.75 Å². The number of aryl methyl sites for hydroxylation is 1. The number of hydrogen-bond donors (Lipinski definition) is 5. The van der Waals surface area contributed by atoms with Crippen LogP contribution in [0.25, 0.3) is 33.4 Å². The predicted octanol–water partition coefficient (Wildman–Crippen LogP) is 3.36. The molecule has 1 aliphatic carbocycles. The number of nitrogens with one attached hydrogen (secondary N) is 1. The minimum absolute atomic E-state index is 0.0461. The number of carboxylic acids is 2. The Kier molecular flexibility index (Phi) is 12.2. The smallest absolute Gasteiger partial charge is 0.336 e. The fraction of sp³-hybridized carbons (Fsp3) is 0.357. The first-order valence-electron chi connectivity index (χ1n) is 20.3. The summed E-state index contributed by atoms with van der Waals surface area (Å²) in [4.78, 5) is 70.5. The summed E-state index contributed by atoms with van der Waals surface area (Å²) in [5.74, 6) is -1.12. The molecule has 0 bridgehead atoms. The minimum atomic E-state index is -1.20. The lowest BCUT2D eigenvalue weighted by molar-refractivity contribution is -0.137. The van der Waals surface area contributed by atoms with Gasteiger partial charge in [0.1, 0.15) is 23.1 Å². The molecule has 8 rings (SSSR count). The average molecular weight is 848 g/mol. The predicted molar refractivity (Wildman–Crippen MR) is 226 cm³/mol. The highest BCUT2D eigenvalue weighted by Gasteiger charge is 2.31. The Morgan fingerprint density at radius 1 is 0.855 bits per heavy atom. The van der Waals surface area contributed by atoms with Crippen LogP contribution in [0.3, 0.4) is 0 Å². The van der Waals surface area contributed by atoms with Crippen molar-refractivity contribution < 1.29 is 38.9 Å². The number of phenolic OH excluding ortho intramolecular Hbond substituents is 1. The number of nitrogens with zero attached hydrogens (tertiary/aromatic N) is 9. The van der Waals surface area contributed by atoms with E-state index in [1.165, 1.54) is 35.0 Å². The van der Waals surface area contributed by atoms with Gasteiger partial charge in [-0.15, -0.1) is 5.10 Å². The second-order valence-electron chi connectivity index (χ2n) is 15.1. The van der Waals surface area contributed by atoms with Gasteiger partial charge in [0, 0.05) is 86.2 Å². The molecule has 6 N–H and O–H groups in total. The van der Waals surface area contributed by atoms with E-state index in [9.17, 15) is 29.4 Å². The number of unbranched alkanes of at least 4 members (excludes halogenated alkanes) is 1. The molecule has 4 aliphatic rings. The van der Waals surface area contributed by atoms with E-state index >= 15 is 0 Å². The number of carbonyl (C=O) groups excluding carboxylic acids is 1. The molecule has 0 spiro atoms. The second kappa shape index (κ2) is 18.2. The highest BCUT2D eigenvalue weighted by molar-refractivity contribution is 6.08. The molecular formula is C42H45N11O9. The number of aromatic hydroxyl groups is 1. The number of benzene rings is 3. The molecule has 0 saturated carbocycles. The third-order valence-electron chi connectivity index (χ3n) is 10.9. The number of aliphatic carboxylic acids is 1. The number of hydrogen-bond acceptors (Lipinski definition) is 16. The Labute approximate surface area is 353 Å². The van der Waals surface area contributed by atoms with Gasteiger partial charge < -0.3 is 50.2 Å². The Morgan fingerprint density at radius 3 is 2.32 bits per heavy atom. The van der Waals surface area contributed by atoms with Gasteiger partial charge in [-0.1, -0.05) is 11.3 Å². The maximum absolute atomic E-state index is 14.0. The largest absolute Gasteiger partial charge is 0.508 e. The Morgan fingerprint density at radius 2 is 1.60 bits per heavy atom. The number of morpholine rings is 1. The SMILES string of the molecule is NCCCC[C@@H](C(=O)N1CCN(c2nc(Nc3ccc(-c4c5ccc(=O)cc-5oc5cc(O)ccc45)c(C(=O)O)c3)nc(N3CCOCC3)n2)CC1)n1cc(CCC(=O)O)nn1. The van der Waals surface area contributed by atoms with Gasteiger partial charge >= 0.3 is 11.9 Å².